The molecule has 0 spiro atoms. The van der Waals surface area contributed by atoms with Crippen molar-refractivity contribution < 1.29 is 0 Å². The number of pyridine rings is 1. The van der Waals surface area contributed by atoms with Crippen LogP contribution in [0.25, 0.3) is 0 Å². The number of anilines is 1. The first-order valence-corrected chi connectivity index (χ1v) is 5.53. The quantitative estimate of drug-likeness (QED) is 0.782. The summed E-state index contributed by atoms with van der Waals surface area (Å²) in [6, 6.07) is 1.84. The first-order valence-electron chi connectivity index (χ1n) is 4.36. The van der Waals surface area contributed by atoms with Crippen molar-refractivity contribution in [3.8, 4) is 0 Å². The van der Waals surface area contributed by atoms with Crippen molar-refractivity contribution in [2.45, 2.75) is 6.92 Å². The summed E-state index contributed by atoms with van der Waals surface area (Å²) in [4.78, 5) is 6.32. The Morgan fingerprint density at radius 2 is 2.43 bits per heavy atom. The third-order valence-electron chi connectivity index (χ3n) is 1.82. The Morgan fingerprint density at radius 1 is 1.71 bits per heavy atom. The molecule has 1 aromatic rings. The van der Waals surface area contributed by atoms with Gasteiger partial charge in [0.2, 0.25) is 0 Å². The molecule has 0 radical (unpaired) electrons. The van der Waals surface area contributed by atoms with Gasteiger partial charge in [0.15, 0.2) is 0 Å². The second-order valence-electron chi connectivity index (χ2n) is 2.79. The van der Waals surface area contributed by atoms with E-state index in [0.717, 1.165) is 23.4 Å². The zero-order valence-corrected chi connectivity index (χ0v) is 10.3. The SMILES string of the molecule is C=CCN(CC)c1ncc(Br)cc1Cl. The Bertz CT molecular complexity index is 328. The molecular formula is C10H12BrClN2. The predicted molar refractivity (Wildman–Crippen MR) is 65.0 cm³/mol. The van der Waals surface area contributed by atoms with Crippen LogP contribution in [0.2, 0.25) is 5.02 Å². The lowest BCUT2D eigenvalue weighted by Gasteiger charge is -2.20. The van der Waals surface area contributed by atoms with Gasteiger partial charge in [-0.15, -0.1) is 6.58 Å². The molecule has 1 heterocycles. The van der Waals surface area contributed by atoms with E-state index in [2.05, 4.69) is 39.3 Å². The van der Waals surface area contributed by atoms with Gasteiger partial charge in [0, 0.05) is 23.8 Å². The van der Waals surface area contributed by atoms with Gasteiger partial charge < -0.3 is 4.90 Å². The van der Waals surface area contributed by atoms with Crippen LogP contribution in [-0.4, -0.2) is 18.1 Å². The summed E-state index contributed by atoms with van der Waals surface area (Å²) < 4.78 is 0.890. The maximum absolute atomic E-state index is 6.07. The summed E-state index contributed by atoms with van der Waals surface area (Å²) in [6.07, 6.45) is 3.58. The molecule has 0 unspecified atom stereocenters. The van der Waals surface area contributed by atoms with E-state index in [1.165, 1.54) is 0 Å². The van der Waals surface area contributed by atoms with Gasteiger partial charge in [-0.05, 0) is 28.9 Å². The van der Waals surface area contributed by atoms with Gasteiger partial charge in [0.25, 0.3) is 0 Å². The molecule has 1 aromatic heterocycles. The second-order valence-corrected chi connectivity index (χ2v) is 4.11. The van der Waals surface area contributed by atoms with Gasteiger partial charge in [0.1, 0.15) is 5.82 Å². The van der Waals surface area contributed by atoms with Crippen LogP contribution in [0.5, 0.6) is 0 Å². The molecule has 0 aliphatic rings. The molecule has 0 aliphatic carbocycles. The highest BCUT2D eigenvalue weighted by Crippen LogP contribution is 2.25. The Morgan fingerprint density at radius 3 is 2.93 bits per heavy atom. The monoisotopic (exact) mass is 274 g/mol. The van der Waals surface area contributed by atoms with Crippen LogP contribution >= 0.6 is 27.5 Å². The standard InChI is InChI=1S/C10H12BrClN2/c1-3-5-14(4-2)10-9(12)6-8(11)7-13-10/h3,6-7H,1,4-5H2,2H3. The van der Waals surface area contributed by atoms with Crippen molar-refractivity contribution in [3.63, 3.8) is 0 Å². The highest BCUT2D eigenvalue weighted by atomic mass is 79.9. The Kier molecular flexibility index (Phi) is 4.42. The van der Waals surface area contributed by atoms with Gasteiger partial charge in [-0.25, -0.2) is 4.98 Å². The first-order chi connectivity index (χ1) is 6.69. The fourth-order valence-corrected chi connectivity index (χ4v) is 1.91. The second kappa shape index (κ2) is 5.37. The van der Waals surface area contributed by atoms with Crippen LogP contribution in [0.1, 0.15) is 6.92 Å². The molecule has 4 heteroatoms. The van der Waals surface area contributed by atoms with Crippen LogP contribution in [0, 0.1) is 0 Å². The lowest BCUT2D eigenvalue weighted by atomic mass is 10.4. The van der Waals surface area contributed by atoms with Crippen LogP contribution in [-0.2, 0) is 0 Å². The van der Waals surface area contributed by atoms with Gasteiger partial charge >= 0.3 is 0 Å². The van der Waals surface area contributed by atoms with E-state index in [4.69, 9.17) is 11.6 Å². The number of nitrogens with zero attached hydrogens (tertiary/aromatic N) is 2. The molecule has 0 aliphatic heterocycles. The van der Waals surface area contributed by atoms with Crippen molar-refractivity contribution in [1.29, 1.82) is 0 Å². The number of hydrogen-bond acceptors (Lipinski definition) is 2. The summed E-state index contributed by atoms with van der Waals surface area (Å²) in [6.45, 7) is 7.37. The van der Waals surface area contributed by atoms with Crippen LogP contribution in [0.15, 0.2) is 29.4 Å². The highest BCUT2D eigenvalue weighted by Gasteiger charge is 2.08. The first kappa shape index (κ1) is 11.5. The minimum absolute atomic E-state index is 0.656. The smallest absolute Gasteiger partial charge is 0.147 e. The summed E-state index contributed by atoms with van der Waals surface area (Å²) in [7, 11) is 0. The molecule has 2 nitrogen and oxygen atoms in total. The number of likely N-dealkylation sites (N-methyl/N-ethyl adjacent to an activating group) is 1. The zero-order chi connectivity index (χ0) is 10.6. The number of halogens is 2. The zero-order valence-electron chi connectivity index (χ0n) is 8.00. The normalized spacial score (nSPS) is 9.93. The van der Waals surface area contributed by atoms with Crippen LogP contribution in [0.4, 0.5) is 5.82 Å². The van der Waals surface area contributed by atoms with Crippen molar-refractivity contribution >= 4 is 33.3 Å². The summed E-state index contributed by atoms with van der Waals surface area (Å²) in [5, 5.41) is 0.656. The highest BCUT2D eigenvalue weighted by molar-refractivity contribution is 9.10. The number of hydrogen-bond donors (Lipinski definition) is 0. The average Bonchev–Trinajstić information content (AvgIpc) is 2.15. The van der Waals surface area contributed by atoms with Crippen LogP contribution < -0.4 is 4.90 Å². The minimum atomic E-state index is 0.656. The van der Waals surface area contributed by atoms with Gasteiger partial charge in [-0.2, -0.15) is 0 Å². The Hall–Kier alpha value is -0.540. The van der Waals surface area contributed by atoms with Crippen molar-refractivity contribution in [1.82, 2.24) is 4.98 Å². The summed E-state index contributed by atoms with van der Waals surface area (Å²) in [5.74, 6) is 0.803. The molecule has 76 valence electrons. The lowest BCUT2D eigenvalue weighted by Crippen LogP contribution is -2.23. The average molecular weight is 276 g/mol. The largest absolute Gasteiger partial charge is 0.352 e. The Balaban J connectivity index is 2.97. The van der Waals surface area contributed by atoms with Gasteiger partial charge in [-0.3, -0.25) is 0 Å². The van der Waals surface area contributed by atoms with E-state index >= 15 is 0 Å². The van der Waals surface area contributed by atoms with E-state index in [1.807, 2.05) is 12.1 Å². The van der Waals surface area contributed by atoms with E-state index in [-0.39, 0.29) is 0 Å². The Labute approximate surface area is 97.7 Å². The third kappa shape index (κ3) is 2.72. The third-order valence-corrected chi connectivity index (χ3v) is 2.53. The van der Waals surface area contributed by atoms with E-state index in [9.17, 15) is 0 Å². The molecule has 14 heavy (non-hydrogen) atoms. The number of aromatic nitrogens is 1. The molecule has 0 saturated carbocycles. The summed E-state index contributed by atoms with van der Waals surface area (Å²) in [5.41, 5.74) is 0. The molecule has 0 amide bonds. The van der Waals surface area contributed by atoms with Crippen molar-refractivity contribution in [3.05, 3.63) is 34.4 Å². The maximum atomic E-state index is 6.07. The topological polar surface area (TPSA) is 16.1 Å². The van der Waals surface area contributed by atoms with Gasteiger partial charge in [-0.1, -0.05) is 17.7 Å². The predicted octanol–water partition coefficient (Wildman–Crippen LogP) is 3.51. The summed E-state index contributed by atoms with van der Waals surface area (Å²) >= 11 is 9.39. The van der Waals surface area contributed by atoms with E-state index in [1.54, 1.807) is 6.20 Å². The molecule has 1 rings (SSSR count). The van der Waals surface area contributed by atoms with Crippen molar-refractivity contribution in [2.75, 3.05) is 18.0 Å². The van der Waals surface area contributed by atoms with Crippen molar-refractivity contribution in [2.24, 2.45) is 0 Å². The van der Waals surface area contributed by atoms with Crippen LogP contribution in [0.3, 0.4) is 0 Å². The van der Waals surface area contributed by atoms with E-state index < -0.39 is 0 Å². The molecular weight excluding hydrogens is 263 g/mol. The molecule has 0 atom stereocenters. The molecule has 0 aromatic carbocycles. The molecule has 0 fully saturated rings. The molecule has 0 bridgehead atoms. The lowest BCUT2D eigenvalue weighted by molar-refractivity contribution is 0.882. The van der Waals surface area contributed by atoms with Gasteiger partial charge in [0.05, 0.1) is 5.02 Å². The fraction of sp³-hybridized carbons (Fsp3) is 0.300. The maximum Gasteiger partial charge on any atom is 0.147 e. The number of rotatable bonds is 4. The fourth-order valence-electron chi connectivity index (χ4n) is 1.16. The minimum Gasteiger partial charge on any atom is -0.352 e. The molecule has 0 saturated heterocycles. The van der Waals surface area contributed by atoms with E-state index in [0.29, 0.717) is 5.02 Å². The molecule has 0 N–H and O–H groups in total.